The minimum atomic E-state index is -0.300. The molecule has 0 bridgehead atoms. The van der Waals surface area contributed by atoms with Crippen molar-refractivity contribution in [3.63, 3.8) is 0 Å². The van der Waals surface area contributed by atoms with Crippen LogP contribution >= 0.6 is 0 Å². The first-order valence-electron chi connectivity index (χ1n) is 7.29. The molecule has 0 unspecified atom stereocenters. The largest absolute Gasteiger partial charge is 0.323 e. The third-order valence-corrected chi connectivity index (χ3v) is 3.41. The van der Waals surface area contributed by atoms with Crippen LogP contribution in [-0.4, -0.2) is 17.6 Å². The number of amides is 3. The SMILES string of the molecule is O=C1CCC(c2ccc(NC(=O)Nc3ccccc3)cc2)=NN1. The van der Waals surface area contributed by atoms with Crippen LogP contribution in [0, 0.1) is 0 Å². The van der Waals surface area contributed by atoms with Crippen LogP contribution in [0.1, 0.15) is 18.4 Å². The van der Waals surface area contributed by atoms with E-state index in [-0.39, 0.29) is 11.9 Å². The van der Waals surface area contributed by atoms with E-state index in [1.165, 1.54) is 0 Å². The summed E-state index contributed by atoms with van der Waals surface area (Å²) in [5.41, 5.74) is 5.65. The number of carbonyl (C=O) groups excluding carboxylic acids is 2. The van der Waals surface area contributed by atoms with Crippen molar-refractivity contribution in [1.29, 1.82) is 0 Å². The molecule has 0 atom stereocenters. The molecule has 2 aromatic carbocycles. The molecule has 0 radical (unpaired) electrons. The first kappa shape index (κ1) is 14.8. The maximum Gasteiger partial charge on any atom is 0.323 e. The second kappa shape index (κ2) is 6.74. The topological polar surface area (TPSA) is 82.6 Å². The molecule has 3 amide bonds. The van der Waals surface area contributed by atoms with Gasteiger partial charge in [-0.05, 0) is 29.8 Å². The normalized spacial score (nSPS) is 13.7. The lowest BCUT2D eigenvalue weighted by Crippen LogP contribution is -2.25. The number of urea groups is 1. The zero-order chi connectivity index (χ0) is 16.1. The highest BCUT2D eigenvalue weighted by Crippen LogP contribution is 2.15. The monoisotopic (exact) mass is 308 g/mol. The first-order chi connectivity index (χ1) is 11.2. The zero-order valence-electron chi connectivity index (χ0n) is 12.4. The van der Waals surface area contributed by atoms with Crippen molar-refractivity contribution < 1.29 is 9.59 Å². The molecular weight excluding hydrogens is 292 g/mol. The predicted octanol–water partition coefficient (Wildman–Crippen LogP) is 2.94. The highest BCUT2D eigenvalue weighted by Gasteiger charge is 2.13. The Labute approximate surface area is 133 Å². The molecule has 0 spiro atoms. The van der Waals surface area contributed by atoms with Gasteiger partial charge in [-0.3, -0.25) is 4.79 Å². The summed E-state index contributed by atoms with van der Waals surface area (Å²) in [4.78, 5) is 23.0. The molecule has 1 aliphatic rings. The zero-order valence-corrected chi connectivity index (χ0v) is 12.4. The Morgan fingerprint density at radius 1 is 0.913 bits per heavy atom. The summed E-state index contributed by atoms with van der Waals surface area (Å²) in [5.74, 6) is -0.0652. The minimum Gasteiger partial charge on any atom is -0.308 e. The summed E-state index contributed by atoms with van der Waals surface area (Å²) in [6.07, 6.45) is 1.06. The fraction of sp³-hybridized carbons (Fsp3) is 0.118. The molecule has 0 fully saturated rings. The molecule has 1 heterocycles. The molecule has 0 aromatic heterocycles. The van der Waals surface area contributed by atoms with Gasteiger partial charge in [-0.25, -0.2) is 10.2 Å². The van der Waals surface area contributed by atoms with Crippen LogP contribution in [0.15, 0.2) is 59.7 Å². The van der Waals surface area contributed by atoms with Crippen LogP contribution in [0.2, 0.25) is 0 Å². The van der Waals surface area contributed by atoms with Gasteiger partial charge in [0.05, 0.1) is 5.71 Å². The van der Waals surface area contributed by atoms with E-state index in [1.807, 2.05) is 42.5 Å². The smallest absolute Gasteiger partial charge is 0.308 e. The molecule has 6 heteroatoms. The third kappa shape index (κ3) is 3.94. The van der Waals surface area contributed by atoms with Crippen LogP contribution in [0.25, 0.3) is 0 Å². The molecule has 0 saturated carbocycles. The van der Waals surface area contributed by atoms with Gasteiger partial charge in [-0.2, -0.15) is 5.10 Å². The summed E-state index contributed by atoms with van der Waals surface area (Å²) < 4.78 is 0. The van der Waals surface area contributed by atoms with Crippen LogP contribution in [0.4, 0.5) is 16.2 Å². The van der Waals surface area contributed by atoms with E-state index in [4.69, 9.17) is 0 Å². The average Bonchev–Trinajstić information content (AvgIpc) is 2.57. The van der Waals surface area contributed by atoms with E-state index in [2.05, 4.69) is 21.2 Å². The van der Waals surface area contributed by atoms with Crippen LogP contribution in [0.3, 0.4) is 0 Å². The average molecular weight is 308 g/mol. The van der Waals surface area contributed by atoms with E-state index < -0.39 is 0 Å². The molecule has 23 heavy (non-hydrogen) atoms. The van der Waals surface area contributed by atoms with Gasteiger partial charge in [0.15, 0.2) is 0 Å². The van der Waals surface area contributed by atoms with Crippen molar-refractivity contribution in [2.45, 2.75) is 12.8 Å². The lowest BCUT2D eigenvalue weighted by molar-refractivity contribution is -0.121. The van der Waals surface area contributed by atoms with E-state index in [1.54, 1.807) is 12.1 Å². The molecular formula is C17H16N4O2. The number of benzene rings is 2. The molecule has 116 valence electrons. The second-order valence-electron chi connectivity index (χ2n) is 5.12. The molecule has 3 N–H and O–H groups in total. The molecule has 1 aliphatic heterocycles. The fourth-order valence-corrected chi connectivity index (χ4v) is 2.24. The lowest BCUT2D eigenvalue weighted by Gasteiger charge is -2.13. The van der Waals surface area contributed by atoms with E-state index in [0.717, 1.165) is 17.0 Å². The molecule has 6 nitrogen and oxygen atoms in total. The van der Waals surface area contributed by atoms with Crippen molar-refractivity contribution in [1.82, 2.24) is 5.43 Å². The number of rotatable bonds is 3. The van der Waals surface area contributed by atoms with Crippen LogP contribution in [-0.2, 0) is 4.79 Å². The quantitative estimate of drug-likeness (QED) is 0.814. The molecule has 2 aromatic rings. The fourth-order valence-electron chi connectivity index (χ4n) is 2.24. The maximum absolute atomic E-state index is 11.9. The van der Waals surface area contributed by atoms with Gasteiger partial charge in [-0.1, -0.05) is 30.3 Å². The predicted molar refractivity (Wildman–Crippen MR) is 89.4 cm³/mol. The number of nitrogens with zero attached hydrogens (tertiary/aromatic N) is 1. The van der Waals surface area contributed by atoms with Gasteiger partial charge >= 0.3 is 6.03 Å². The highest BCUT2D eigenvalue weighted by atomic mass is 16.2. The minimum absolute atomic E-state index is 0.0652. The summed E-state index contributed by atoms with van der Waals surface area (Å²) in [6, 6.07) is 16.3. The summed E-state index contributed by atoms with van der Waals surface area (Å²) >= 11 is 0. The Hall–Kier alpha value is -3.15. The number of anilines is 2. The Kier molecular flexibility index (Phi) is 4.33. The molecule has 0 saturated heterocycles. The van der Waals surface area contributed by atoms with E-state index in [0.29, 0.717) is 18.5 Å². The molecule has 3 rings (SSSR count). The van der Waals surface area contributed by atoms with Gasteiger partial charge in [0.25, 0.3) is 0 Å². The Morgan fingerprint density at radius 2 is 1.57 bits per heavy atom. The Bertz CT molecular complexity index is 739. The van der Waals surface area contributed by atoms with Gasteiger partial charge in [0.1, 0.15) is 0 Å². The van der Waals surface area contributed by atoms with Crippen LogP contribution < -0.4 is 16.1 Å². The number of hydrogen-bond acceptors (Lipinski definition) is 3. The van der Waals surface area contributed by atoms with Gasteiger partial charge in [-0.15, -0.1) is 0 Å². The maximum atomic E-state index is 11.9. The molecule has 0 aliphatic carbocycles. The lowest BCUT2D eigenvalue weighted by atomic mass is 10.0. The van der Waals surface area contributed by atoms with Crippen molar-refractivity contribution >= 4 is 29.0 Å². The number of nitrogens with one attached hydrogen (secondary N) is 3. The number of hydrazone groups is 1. The van der Waals surface area contributed by atoms with E-state index in [9.17, 15) is 9.59 Å². The third-order valence-electron chi connectivity index (χ3n) is 3.41. The van der Waals surface area contributed by atoms with Crippen molar-refractivity contribution in [2.24, 2.45) is 5.10 Å². The Morgan fingerprint density at radius 3 is 2.17 bits per heavy atom. The van der Waals surface area contributed by atoms with Crippen molar-refractivity contribution in [2.75, 3.05) is 10.6 Å². The second-order valence-corrected chi connectivity index (χ2v) is 5.12. The summed E-state index contributed by atoms with van der Waals surface area (Å²) in [5, 5.41) is 9.56. The Balaban J connectivity index is 1.61. The standard InChI is InChI=1S/C17H16N4O2/c22-16-11-10-15(20-21-16)12-6-8-14(9-7-12)19-17(23)18-13-4-2-1-3-5-13/h1-9H,10-11H2,(H,21,22)(H2,18,19,23). The van der Waals surface area contributed by atoms with Crippen LogP contribution in [0.5, 0.6) is 0 Å². The number of hydrogen-bond donors (Lipinski definition) is 3. The van der Waals surface area contributed by atoms with Gasteiger partial charge in [0.2, 0.25) is 5.91 Å². The number of carbonyl (C=O) groups is 2. The number of para-hydroxylation sites is 1. The summed E-state index contributed by atoms with van der Waals surface area (Å²) in [6.45, 7) is 0. The van der Waals surface area contributed by atoms with Gasteiger partial charge in [0, 0.05) is 24.2 Å². The van der Waals surface area contributed by atoms with Gasteiger partial charge < -0.3 is 10.6 Å². The summed E-state index contributed by atoms with van der Waals surface area (Å²) in [7, 11) is 0. The van der Waals surface area contributed by atoms with E-state index >= 15 is 0 Å². The first-order valence-corrected chi connectivity index (χ1v) is 7.29. The van der Waals surface area contributed by atoms with Crippen molar-refractivity contribution in [3.8, 4) is 0 Å². The van der Waals surface area contributed by atoms with Crippen molar-refractivity contribution in [3.05, 3.63) is 60.2 Å². The highest BCUT2D eigenvalue weighted by molar-refractivity contribution is 6.05.